The molecular weight excluding hydrogens is 264 g/mol. The van der Waals surface area contributed by atoms with Crippen LogP contribution in [0.25, 0.3) is 11.0 Å². The molecule has 0 unspecified atom stereocenters. The number of rotatable bonds is 4. The van der Waals surface area contributed by atoms with Gasteiger partial charge in [-0.2, -0.15) is 5.10 Å². The lowest BCUT2D eigenvalue weighted by molar-refractivity contribution is 0.642. The first-order chi connectivity index (χ1) is 10.2. The molecule has 1 saturated carbocycles. The molecule has 108 valence electrons. The van der Waals surface area contributed by atoms with Crippen LogP contribution in [0, 0.1) is 0 Å². The molecule has 0 amide bonds. The van der Waals surface area contributed by atoms with E-state index in [0.717, 1.165) is 35.5 Å². The Morgan fingerprint density at radius 3 is 2.90 bits per heavy atom. The monoisotopic (exact) mass is 282 g/mol. The Kier molecular flexibility index (Phi) is 2.70. The number of nitrogen functional groups attached to an aromatic ring is 1. The first kappa shape index (κ1) is 12.4. The van der Waals surface area contributed by atoms with E-state index in [2.05, 4.69) is 20.7 Å². The van der Waals surface area contributed by atoms with Crippen molar-refractivity contribution in [3.05, 3.63) is 36.2 Å². The highest BCUT2D eigenvalue weighted by molar-refractivity contribution is 5.79. The second kappa shape index (κ2) is 4.58. The van der Waals surface area contributed by atoms with Crippen molar-refractivity contribution in [3.8, 4) is 0 Å². The number of imidazole rings is 1. The van der Waals surface area contributed by atoms with Crippen LogP contribution in [0.2, 0.25) is 0 Å². The largest absolute Gasteiger partial charge is 0.399 e. The zero-order chi connectivity index (χ0) is 14.4. The molecule has 1 fully saturated rings. The van der Waals surface area contributed by atoms with Crippen LogP contribution in [0.4, 0.5) is 5.69 Å². The van der Waals surface area contributed by atoms with Crippen LogP contribution in [0.1, 0.15) is 30.4 Å². The molecule has 6 nitrogen and oxygen atoms in total. The molecule has 1 aromatic carbocycles. The molecule has 3 aromatic rings. The van der Waals surface area contributed by atoms with E-state index in [-0.39, 0.29) is 0 Å². The quantitative estimate of drug-likeness (QED) is 0.741. The van der Waals surface area contributed by atoms with Crippen LogP contribution in [0.15, 0.2) is 24.5 Å². The number of aromatic nitrogens is 5. The SMILES string of the molecule is Cn1cnc(CCn2c(C3CC3)nc3cc(N)ccc32)n1. The number of nitrogens with two attached hydrogens (primary N) is 1. The van der Waals surface area contributed by atoms with Crippen molar-refractivity contribution in [3.63, 3.8) is 0 Å². The number of hydrogen-bond donors (Lipinski definition) is 1. The van der Waals surface area contributed by atoms with Gasteiger partial charge in [-0.05, 0) is 31.0 Å². The van der Waals surface area contributed by atoms with Crippen molar-refractivity contribution >= 4 is 16.7 Å². The molecule has 0 spiro atoms. The van der Waals surface area contributed by atoms with Gasteiger partial charge in [-0.15, -0.1) is 0 Å². The summed E-state index contributed by atoms with van der Waals surface area (Å²) in [5.41, 5.74) is 8.78. The summed E-state index contributed by atoms with van der Waals surface area (Å²) in [6.45, 7) is 0.857. The molecule has 0 saturated heterocycles. The van der Waals surface area contributed by atoms with Gasteiger partial charge in [0.1, 0.15) is 12.2 Å². The summed E-state index contributed by atoms with van der Waals surface area (Å²) in [6.07, 6.45) is 5.03. The average Bonchev–Trinajstić information content (AvgIpc) is 3.13. The molecule has 0 radical (unpaired) electrons. The van der Waals surface area contributed by atoms with E-state index in [9.17, 15) is 0 Å². The highest BCUT2D eigenvalue weighted by atomic mass is 15.3. The Morgan fingerprint density at radius 1 is 1.33 bits per heavy atom. The molecule has 2 aromatic heterocycles. The third-order valence-electron chi connectivity index (χ3n) is 3.95. The highest BCUT2D eigenvalue weighted by Crippen LogP contribution is 2.40. The van der Waals surface area contributed by atoms with Gasteiger partial charge >= 0.3 is 0 Å². The minimum atomic E-state index is 0.607. The standard InChI is InChI=1S/C15H18N6/c1-20-9-17-14(19-20)6-7-21-13-5-4-11(16)8-12(13)18-15(21)10-2-3-10/h4-5,8-10H,2-3,6-7,16H2,1H3. The predicted molar refractivity (Wildman–Crippen MR) is 80.8 cm³/mol. The molecule has 0 bridgehead atoms. The van der Waals surface area contributed by atoms with Crippen LogP contribution in [-0.2, 0) is 20.0 Å². The van der Waals surface area contributed by atoms with Gasteiger partial charge in [-0.3, -0.25) is 4.68 Å². The van der Waals surface area contributed by atoms with Gasteiger partial charge < -0.3 is 10.3 Å². The third-order valence-corrected chi connectivity index (χ3v) is 3.95. The lowest BCUT2D eigenvalue weighted by atomic mass is 10.2. The molecule has 6 heteroatoms. The van der Waals surface area contributed by atoms with Crippen LogP contribution in [0.5, 0.6) is 0 Å². The van der Waals surface area contributed by atoms with Crippen LogP contribution < -0.4 is 5.73 Å². The number of hydrogen-bond acceptors (Lipinski definition) is 4. The third kappa shape index (κ3) is 2.26. The number of aryl methyl sites for hydroxylation is 3. The number of fused-ring (bicyclic) bond motifs is 1. The van der Waals surface area contributed by atoms with E-state index in [1.165, 1.54) is 18.7 Å². The van der Waals surface area contributed by atoms with Crippen molar-refractivity contribution in [2.45, 2.75) is 31.7 Å². The topological polar surface area (TPSA) is 74.5 Å². The van der Waals surface area contributed by atoms with E-state index in [0.29, 0.717) is 5.92 Å². The van der Waals surface area contributed by atoms with Crippen molar-refractivity contribution in [1.29, 1.82) is 0 Å². The lowest BCUT2D eigenvalue weighted by Gasteiger charge is -2.07. The lowest BCUT2D eigenvalue weighted by Crippen LogP contribution is -2.06. The summed E-state index contributed by atoms with van der Waals surface area (Å²) in [6, 6.07) is 5.96. The van der Waals surface area contributed by atoms with Crippen LogP contribution in [-0.4, -0.2) is 24.3 Å². The average molecular weight is 282 g/mol. The Labute approximate surface area is 122 Å². The van der Waals surface area contributed by atoms with Crippen molar-refractivity contribution < 1.29 is 0 Å². The fourth-order valence-electron chi connectivity index (χ4n) is 2.76. The smallest absolute Gasteiger partial charge is 0.152 e. The van der Waals surface area contributed by atoms with Gasteiger partial charge in [0.15, 0.2) is 5.82 Å². The minimum Gasteiger partial charge on any atom is -0.399 e. The maximum absolute atomic E-state index is 5.87. The molecule has 2 N–H and O–H groups in total. The zero-order valence-corrected chi connectivity index (χ0v) is 12.0. The molecule has 1 aliphatic rings. The Morgan fingerprint density at radius 2 is 2.19 bits per heavy atom. The maximum Gasteiger partial charge on any atom is 0.152 e. The number of anilines is 1. The van der Waals surface area contributed by atoms with Crippen molar-refractivity contribution in [2.24, 2.45) is 7.05 Å². The molecular formula is C15H18N6. The zero-order valence-electron chi connectivity index (χ0n) is 12.0. The predicted octanol–water partition coefficient (Wildman–Crippen LogP) is 1.87. The Hall–Kier alpha value is -2.37. The molecule has 2 heterocycles. The summed E-state index contributed by atoms with van der Waals surface area (Å²) in [7, 11) is 1.89. The molecule has 4 rings (SSSR count). The molecule has 0 atom stereocenters. The fraction of sp³-hybridized carbons (Fsp3) is 0.400. The van der Waals surface area contributed by atoms with Gasteiger partial charge in [0.05, 0.1) is 11.0 Å². The second-order valence-corrected chi connectivity index (χ2v) is 5.73. The van der Waals surface area contributed by atoms with Crippen molar-refractivity contribution in [2.75, 3.05) is 5.73 Å². The summed E-state index contributed by atoms with van der Waals surface area (Å²) in [5.74, 6) is 2.67. The summed E-state index contributed by atoms with van der Waals surface area (Å²) < 4.78 is 4.05. The number of benzene rings is 1. The molecule has 21 heavy (non-hydrogen) atoms. The Balaban J connectivity index is 1.70. The van der Waals surface area contributed by atoms with Crippen LogP contribution in [0.3, 0.4) is 0 Å². The van der Waals surface area contributed by atoms with Gasteiger partial charge in [0.2, 0.25) is 0 Å². The minimum absolute atomic E-state index is 0.607. The fourth-order valence-corrected chi connectivity index (χ4v) is 2.76. The first-order valence-corrected chi connectivity index (χ1v) is 7.31. The van der Waals surface area contributed by atoms with Gasteiger partial charge in [0.25, 0.3) is 0 Å². The normalized spacial score (nSPS) is 14.9. The van der Waals surface area contributed by atoms with E-state index < -0.39 is 0 Å². The van der Waals surface area contributed by atoms with Crippen LogP contribution >= 0.6 is 0 Å². The highest BCUT2D eigenvalue weighted by Gasteiger charge is 2.29. The van der Waals surface area contributed by atoms with Gasteiger partial charge in [0, 0.05) is 31.6 Å². The maximum atomic E-state index is 5.87. The van der Waals surface area contributed by atoms with Gasteiger partial charge in [-0.25, -0.2) is 9.97 Å². The number of nitrogens with zero attached hydrogens (tertiary/aromatic N) is 5. The molecule has 0 aliphatic heterocycles. The Bertz CT molecular complexity index is 796. The molecule has 1 aliphatic carbocycles. The van der Waals surface area contributed by atoms with E-state index >= 15 is 0 Å². The van der Waals surface area contributed by atoms with Crippen molar-refractivity contribution in [1.82, 2.24) is 24.3 Å². The van der Waals surface area contributed by atoms with E-state index in [1.807, 2.05) is 19.2 Å². The first-order valence-electron chi connectivity index (χ1n) is 7.31. The summed E-state index contributed by atoms with van der Waals surface area (Å²) in [5, 5.41) is 4.35. The summed E-state index contributed by atoms with van der Waals surface area (Å²) >= 11 is 0. The summed E-state index contributed by atoms with van der Waals surface area (Å²) in [4.78, 5) is 9.09. The van der Waals surface area contributed by atoms with E-state index in [4.69, 9.17) is 10.7 Å². The second-order valence-electron chi connectivity index (χ2n) is 5.73. The van der Waals surface area contributed by atoms with E-state index in [1.54, 1.807) is 11.0 Å². The van der Waals surface area contributed by atoms with Gasteiger partial charge in [-0.1, -0.05) is 0 Å².